The van der Waals surface area contributed by atoms with Crippen LogP contribution in [0.1, 0.15) is 11.1 Å². The first-order chi connectivity index (χ1) is 11.3. The summed E-state index contributed by atoms with van der Waals surface area (Å²) >= 11 is 6.25. The second-order valence-electron chi connectivity index (χ2n) is 4.54. The molecule has 2 aromatic carbocycles. The Morgan fingerprint density at radius 2 is 1.67 bits per heavy atom. The van der Waals surface area contributed by atoms with Crippen LogP contribution in [0.15, 0.2) is 51.5 Å². The Bertz CT molecular complexity index is 740. The summed E-state index contributed by atoms with van der Waals surface area (Å²) in [5, 5.41) is 9.94. The summed E-state index contributed by atoms with van der Waals surface area (Å²) in [6, 6.07) is 9.33. The van der Waals surface area contributed by atoms with Gasteiger partial charge in [-0.15, -0.1) is 0 Å². The number of hydrogen-bond acceptors (Lipinski definition) is 3. The molecule has 0 aliphatic carbocycles. The van der Waals surface area contributed by atoms with E-state index < -0.39 is 10.7 Å². The van der Waals surface area contributed by atoms with Crippen molar-refractivity contribution < 1.29 is 13.7 Å². The average molecular weight is 464 g/mol. The summed E-state index contributed by atoms with van der Waals surface area (Å²) in [4.78, 5) is 9.30. The third-order valence-electron chi connectivity index (χ3n) is 2.77. The molecular weight excluding hydrogens is 450 g/mol. The Hall–Kier alpha value is -1.64. The minimum Gasteiger partial charge on any atom is -0.330 e. The van der Waals surface area contributed by atoms with Gasteiger partial charge in [-0.1, -0.05) is 44.0 Å². The highest BCUT2D eigenvalue weighted by molar-refractivity contribution is 9.10. The standard InChI is InChI=1S/C8H5BrFNO2.C8H9BrFN/c9-7-2-1-6(8(10)5-7)3-4-11(12)13;9-7-2-1-6(3-4-11)8(10)5-7/h1-5H;1-2,5H,3-4,11H2. The highest BCUT2D eigenvalue weighted by Crippen LogP contribution is 2.16. The van der Waals surface area contributed by atoms with E-state index in [1.807, 2.05) is 6.07 Å². The van der Waals surface area contributed by atoms with Crippen molar-refractivity contribution in [1.82, 2.24) is 0 Å². The lowest BCUT2D eigenvalue weighted by atomic mass is 10.1. The summed E-state index contributed by atoms with van der Waals surface area (Å²) in [6.45, 7) is 0.485. The number of nitro groups is 1. The van der Waals surface area contributed by atoms with Gasteiger partial charge in [0.05, 0.1) is 4.92 Å². The van der Waals surface area contributed by atoms with Gasteiger partial charge in [-0.2, -0.15) is 0 Å². The maximum atomic E-state index is 13.0. The third-order valence-corrected chi connectivity index (χ3v) is 3.75. The van der Waals surface area contributed by atoms with Gasteiger partial charge >= 0.3 is 0 Å². The molecule has 0 saturated carbocycles. The molecule has 0 saturated heterocycles. The number of nitrogens with two attached hydrogens (primary N) is 1. The molecule has 4 nitrogen and oxygen atoms in total. The lowest BCUT2D eigenvalue weighted by Gasteiger charge is -2.00. The van der Waals surface area contributed by atoms with E-state index >= 15 is 0 Å². The first-order valence-electron chi connectivity index (χ1n) is 6.74. The number of hydrogen-bond donors (Lipinski definition) is 1. The SMILES string of the molecule is NCCc1ccc(Br)cc1F.O=[N+]([O-])C=Cc1ccc(Br)cc1F. The van der Waals surface area contributed by atoms with Crippen molar-refractivity contribution in [3.63, 3.8) is 0 Å². The van der Waals surface area contributed by atoms with E-state index in [1.54, 1.807) is 12.1 Å². The van der Waals surface area contributed by atoms with Gasteiger partial charge in [0.25, 0.3) is 0 Å². The summed E-state index contributed by atoms with van der Waals surface area (Å²) in [7, 11) is 0. The van der Waals surface area contributed by atoms with Crippen molar-refractivity contribution in [3.8, 4) is 0 Å². The van der Waals surface area contributed by atoms with Crippen molar-refractivity contribution in [2.24, 2.45) is 5.73 Å². The molecule has 2 rings (SSSR count). The fraction of sp³-hybridized carbons (Fsp3) is 0.125. The Kier molecular flexibility index (Phi) is 8.73. The molecule has 0 heterocycles. The van der Waals surface area contributed by atoms with Crippen molar-refractivity contribution in [2.45, 2.75) is 6.42 Å². The Balaban J connectivity index is 0.000000243. The maximum absolute atomic E-state index is 13.0. The molecule has 0 unspecified atom stereocenters. The van der Waals surface area contributed by atoms with Crippen molar-refractivity contribution in [2.75, 3.05) is 6.54 Å². The van der Waals surface area contributed by atoms with Crippen molar-refractivity contribution >= 4 is 37.9 Å². The van der Waals surface area contributed by atoms with Crippen LogP contribution in [0.4, 0.5) is 8.78 Å². The Morgan fingerprint density at radius 3 is 2.17 bits per heavy atom. The topological polar surface area (TPSA) is 69.2 Å². The Morgan fingerprint density at radius 1 is 1.08 bits per heavy atom. The monoisotopic (exact) mass is 462 g/mol. The zero-order valence-corrected chi connectivity index (χ0v) is 15.6. The molecule has 0 amide bonds. The molecule has 24 heavy (non-hydrogen) atoms. The van der Waals surface area contributed by atoms with Crippen molar-refractivity contribution in [3.05, 3.63) is 84.4 Å². The van der Waals surface area contributed by atoms with Crippen LogP contribution in [-0.2, 0) is 6.42 Å². The molecule has 2 N–H and O–H groups in total. The molecule has 0 spiro atoms. The van der Waals surface area contributed by atoms with E-state index in [2.05, 4.69) is 31.9 Å². The quantitative estimate of drug-likeness (QED) is 0.516. The fourth-order valence-electron chi connectivity index (χ4n) is 1.66. The summed E-state index contributed by atoms with van der Waals surface area (Å²) in [6.07, 6.45) is 2.41. The number of nitrogens with zero attached hydrogens (tertiary/aromatic N) is 1. The minimum atomic E-state index is -0.637. The number of rotatable bonds is 4. The van der Waals surface area contributed by atoms with Crippen LogP contribution >= 0.6 is 31.9 Å². The fourth-order valence-corrected chi connectivity index (χ4v) is 2.32. The van der Waals surface area contributed by atoms with Crippen LogP contribution in [0.5, 0.6) is 0 Å². The van der Waals surface area contributed by atoms with Gasteiger partial charge in [-0.3, -0.25) is 10.1 Å². The first kappa shape index (κ1) is 20.4. The Labute approximate surface area is 154 Å². The van der Waals surface area contributed by atoms with Gasteiger partial charge in [-0.25, -0.2) is 8.78 Å². The highest BCUT2D eigenvalue weighted by Gasteiger charge is 2.00. The molecule has 0 aromatic heterocycles. The molecule has 0 aliphatic rings. The van der Waals surface area contributed by atoms with E-state index in [-0.39, 0.29) is 11.4 Å². The van der Waals surface area contributed by atoms with Crippen LogP contribution in [0.3, 0.4) is 0 Å². The van der Waals surface area contributed by atoms with E-state index in [4.69, 9.17) is 5.73 Å². The largest absolute Gasteiger partial charge is 0.330 e. The van der Waals surface area contributed by atoms with Crippen LogP contribution in [0.2, 0.25) is 0 Å². The summed E-state index contributed by atoms with van der Waals surface area (Å²) < 4.78 is 27.3. The van der Waals surface area contributed by atoms with Gasteiger partial charge in [0.2, 0.25) is 6.20 Å². The predicted molar refractivity (Wildman–Crippen MR) is 97.0 cm³/mol. The van der Waals surface area contributed by atoms with E-state index in [1.165, 1.54) is 18.2 Å². The van der Waals surface area contributed by atoms with Gasteiger partial charge in [0.1, 0.15) is 11.6 Å². The molecule has 0 aliphatic heterocycles. The minimum absolute atomic E-state index is 0.190. The first-order valence-corrected chi connectivity index (χ1v) is 8.33. The summed E-state index contributed by atoms with van der Waals surface area (Å²) in [5.41, 5.74) is 6.16. The van der Waals surface area contributed by atoms with Gasteiger partial charge < -0.3 is 5.73 Å². The van der Waals surface area contributed by atoms with Crippen LogP contribution < -0.4 is 5.73 Å². The lowest BCUT2D eigenvalue weighted by molar-refractivity contribution is -0.400. The van der Waals surface area contributed by atoms with Crippen LogP contribution in [0.25, 0.3) is 6.08 Å². The summed E-state index contributed by atoms with van der Waals surface area (Å²) in [5.74, 6) is -0.683. The van der Waals surface area contributed by atoms with Crippen molar-refractivity contribution in [1.29, 1.82) is 0 Å². The number of halogens is 4. The van der Waals surface area contributed by atoms with Gasteiger partial charge in [-0.05, 0) is 42.8 Å². The molecule has 0 fully saturated rings. The van der Waals surface area contributed by atoms with Crippen LogP contribution in [-0.4, -0.2) is 11.5 Å². The molecule has 0 atom stereocenters. The molecule has 8 heteroatoms. The molecular formula is C16H14Br2F2N2O2. The maximum Gasteiger partial charge on any atom is 0.235 e. The average Bonchev–Trinajstić information content (AvgIpc) is 2.50. The van der Waals surface area contributed by atoms with Gasteiger partial charge in [0, 0.05) is 20.6 Å². The molecule has 128 valence electrons. The molecule has 0 radical (unpaired) electrons. The smallest absolute Gasteiger partial charge is 0.235 e. The van der Waals surface area contributed by atoms with Gasteiger partial charge in [0.15, 0.2) is 0 Å². The zero-order valence-electron chi connectivity index (χ0n) is 12.4. The van der Waals surface area contributed by atoms with E-state index in [0.29, 0.717) is 29.2 Å². The predicted octanol–water partition coefficient (Wildman–Crippen LogP) is 4.93. The molecule has 2 aromatic rings. The third kappa shape index (κ3) is 7.29. The normalized spacial score (nSPS) is 10.4. The van der Waals surface area contributed by atoms with E-state index in [9.17, 15) is 18.9 Å². The number of benzene rings is 2. The highest BCUT2D eigenvalue weighted by atomic mass is 79.9. The lowest BCUT2D eigenvalue weighted by Crippen LogP contribution is -2.04. The van der Waals surface area contributed by atoms with Crippen LogP contribution in [0, 0.1) is 21.7 Å². The second-order valence-corrected chi connectivity index (χ2v) is 6.37. The zero-order chi connectivity index (χ0) is 18.1. The second kappa shape index (κ2) is 10.3. The van der Waals surface area contributed by atoms with E-state index in [0.717, 1.165) is 10.5 Å². The molecule has 0 bridgehead atoms.